The monoisotopic (exact) mass is 588 g/mol. The van der Waals surface area contributed by atoms with E-state index in [0.29, 0.717) is 29.7 Å². The van der Waals surface area contributed by atoms with Crippen molar-refractivity contribution in [2.45, 2.75) is 88.7 Å². The summed E-state index contributed by atoms with van der Waals surface area (Å²) in [4.78, 5) is 30.4. The van der Waals surface area contributed by atoms with Crippen molar-refractivity contribution in [3.8, 4) is 0 Å². The van der Waals surface area contributed by atoms with Crippen LogP contribution in [0.5, 0.6) is 0 Å². The normalized spacial score (nSPS) is 26.1. The summed E-state index contributed by atoms with van der Waals surface area (Å²) in [6, 6.07) is 12.3. The maximum atomic E-state index is 13.9. The second kappa shape index (κ2) is 10.3. The zero-order chi connectivity index (χ0) is 29.9. The maximum Gasteiger partial charge on any atom is 0.281 e. The summed E-state index contributed by atoms with van der Waals surface area (Å²) < 4.78 is 29.4. The number of sulfonamides is 1. The predicted molar refractivity (Wildman–Crippen MR) is 163 cm³/mol. The predicted octanol–water partition coefficient (Wildman–Crippen LogP) is 5.40. The number of anilines is 2. The van der Waals surface area contributed by atoms with Gasteiger partial charge in [-0.3, -0.25) is 9.78 Å². The number of hydrogen-bond acceptors (Lipinski definition) is 8. The van der Waals surface area contributed by atoms with Crippen molar-refractivity contribution >= 4 is 27.6 Å². The van der Waals surface area contributed by atoms with E-state index in [1.807, 2.05) is 24.3 Å². The van der Waals surface area contributed by atoms with Gasteiger partial charge in [0.25, 0.3) is 15.9 Å². The van der Waals surface area contributed by atoms with Crippen molar-refractivity contribution in [2.75, 3.05) is 16.8 Å². The second-order valence-electron chi connectivity index (χ2n) is 13.5. The summed E-state index contributed by atoms with van der Waals surface area (Å²) in [6.45, 7) is 11.8. The Morgan fingerprint density at radius 3 is 2.62 bits per heavy atom. The van der Waals surface area contributed by atoms with Gasteiger partial charge in [0, 0.05) is 23.7 Å². The van der Waals surface area contributed by atoms with E-state index in [-0.39, 0.29) is 27.9 Å². The Bertz CT molecular complexity index is 1620. The number of nitrogens with zero attached hydrogens (tertiary/aromatic N) is 4. The third-order valence-electron chi connectivity index (χ3n) is 9.39. The molecule has 0 saturated carbocycles. The van der Waals surface area contributed by atoms with E-state index < -0.39 is 15.9 Å². The van der Waals surface area contributed by atoms with Crippen LogP contribution in [-0.4, -0.2) is 41.4 Å². The van der Waals surface area contributed by atoms with E-state index in [4.69, 9.17) is 4.98 Å². The summed E-state index contributed by atoms with van der Waals surface area (Å²) in [6.07, 6.45) is 6.28. The largest absolute Gasteiger partial charge is 0.362 e. The van der Waals surface area contributed by atoms with E-state index in [9.17, 15) is 13.2 Å². The first kappa shape index (κ1) is 28.6. The Morgan fingerprint density at radius 2 is 1.86 bits per heavy atom. The van der Waals surface area contributed by atoms with Crippen LogP contribution in [0.4, 0.5) is 11.6 Å². The van der Waals surface area contributed by atoms with Crippen molar-refractivity contribution in [1.82, 2.24) is 19.7 Å². The SMILES string of the molecule is C[C@H]1CC(c2ccccn2)Nc2cccc(n2)S(=O)(=O)NC(=O)c2cc3c(nc2N2C[C@@H]1CC2(C)C)C(C)(C)CCC3. The first-order chi connectivity index (χ1) is 19.8. The van der Waals surface area contributed by atoms with Crippen LogP contribution in [0.25, 0.3) is 0 Å². The van der Waals surface area contributed by atoms with Crippen LogP contribution in [0.1, 0.15) is 93.7 Å². The molecule has 6 rings (SSSR count). The van der Waals surface area contributed by atoms with Gasteiger partial charge in [-0.2, -0.15) is 8.42 Å². The number of nitrogens with one attached hydrogen (secondary N) is 2. The molecule has 1 aliphatic carbocycles. The molecule has 2 N–H and O–H groups in total. The summed E-state index contributed by atoms with van der Waals surface area (Å²) in [5.74, 6) is 0.902. The molecular weight excluding hydrogens is 548 g/mol. The molecule has 0 aromatic carbocycles. The van der Waals surface area contributed by atoms with Crippen LogP contribution in [0.2, 0.25) is 0 Å². The highest BCUT2D eigenvalue weighted by Crippen LogP contribution is 2.45. The molecule has 0 spiro atoms. The molecule has 42 heavy (non-hydrogen) atoms. The van der Waals surface area contributed by atoms with Gasteiger partial charge in [-0.25, -0.2) is 14.7 Å². The lowest BCUT2D eigenvalue weighted by atomic mass is 9.75. The molecule has 10 heteroatoms. The van der Waals surface area contributed by atoms with Crippen LogP contribution < -0.4 is 14.9 Å². The Balaban J connectivity index is 1.51. The smallest absolute Gasteiger partial charge is 0.281 e. The van der Waals surface area contributed by atoms with Crippen LogP contribution in [0.15, 0.2) is 53.7 Å². The highest BCUT2D eigenvalue weighted by Gasteiger charge is 2.44. The first-order valence-corrected chi connectivity index (χ1v) is 16.4. The molecule has 0 radical (unpaired) electrons. The van der Waals surface area contributed by atoms with E-state index in [1.54, 1.807) is 18.3 Å². The van der Waals surface area contributed by atoms with Gasteiger partial charge in [0.15, 0.2) is 5.03 Å². The molecule has 1 fully saturated rings. The Morgan fingerprint density at radius 1 is 1.05 bits per heavy atom. The lowest BCUT2D eigenvalue weighted by Crippen LogP contribution is -2.42. The van der Waals surface area contributed by atoms with Crippen molar-refractivity contribution in [3.05, 3.63) is 71.2 Å². The Kier molecular flexibility index (Phi) is 7.03. The van der Waals surface area contributed by atoms with Crippen molar-refractivity contribution in [2.24, 2.45) is 11.8 Å². The molecule has 3 aromatic rings. The van der Waals surface area contributed by atoms with Crippen molar-refractivity contribution in [1.29, 1.82) is 0 Å². The molecule has 3 aromatic heterocycles. The highest BCUT2D eigenvalue weighted by molar-refractivity contribution is 7.90. The molecular formula is C32H40N6O3S. The van der Waals surface area contributed by atoms with Gasteiger partial charge in [0.1, 0.15) is 11.6 Å². The number of rotatable bonds is 1. The number of fused-ring (bicyclic) bond motifs is 7. The number of aromatic nitrogens is 3. The number of pyridine rings is 3. The lowest BCUT2D eigenvalue weighted by Gasteiger charge is -2.37. The van der Waals surface area contributed by atoms with Gasteiger partial charge in [0.05, 0.1) is 23.0 Å². The van der Waals surface area contributed by atoms with E-state index >= 15 is 0 Å². The van der Waals surface area contributed by atoms with Gasteiger partial charge in [-0.15, -0.1) is 0 Å². The van der Waals surface area contributed by atoms with Crippen molar-refractivity contribution < 1.29 is 13.2 Å². The van der Waals surface area contributed by atoms with Gasteiger partial charge in [0.2, 0.25) is 0 Å². The summed E-state index contributed by atoms with van der Waals surface area (Å²) >= 11 is 0. The fourth-order valence-corrected chi connectivity index (χ4v) is 7.97. The summed E-state index contributed by atoms with van der Waals surface area (Å²) in [7, 11) is -4.26. The summed E-state index contributed by atoms with van der Waals surface area (Å²) in [5.41, 5.74) is 2.76. The molecule has 3 aliphatic rings. The third-order valence-corrected chi connectivity index (χ3v) is 10.6. The zero-order valence-corrected chi connectivity index (χ0v) is 25.8. The first-order valence-electron chi connectivity index (χ1n) is 14.9. The fraction of sp³-hybridized carbons (Fsp3) is 0.500. The second-order valence-corrected chi connectivity index (χ2v) is 15.1. The van der Waals surface area contributed by atoms with Crippen molar-refractivity contribution in [3.63, 3.8) is 0 Å². The Labute approximate surface area is 248 Å². The molecule has 3 atom stereocenters. The van der Waals surface area contributed by atoms with Crippen LogP contribution >= 0.6 is 0 Å². The quantitative estimate of drug-likeness (QED) is 0.388. The van der Waals surface area contributed by atoms with Crippen LogP contribution in [0.3, 0.4) is 0 Å². The number of amides is 1. The number of carbonyl (C=O) groups is 1. The molecule has 1 saturated heterocycles. The summed E-state index contributed by atoms with van der Waals surface area (Å²) in [5, 5.41) is 3.23. The van der Waals surface area contributed by atoms with Crippen LogP contribution in [-0.2, 0) is 21.9 Å². The zero-order valence-electron chi connectivity index (χ0n) is 25.0. The molecule has 9 nitrogen and oxygen atoms in total. The number of aryl methyl sites for hydroxylation is 1. The fourth-order valence-electron chi connectivity index (χ4n) is 7.04. The minimum atomic E-state index is -4.26. The molecule has 1 unspecified atom stereocenters. The van der Waals surface area contributed by atoms with E-state index in [0.717, 1.165) is 49.1 Å². The maximum absolute atomic E-state index is 13.9. The average molecular weight is 589 g/mol. The third kappa shape index (κ3) is 5.25. The number of carbonyl (C=O) groups excluding carboxylic acids is 1. The molecule has 4 bridgehead atoms. The Hall–Kier alpha value is -3.53. The standard InChI is InChI=1S/C32H40N6O3S/c1-20-16-25(24-11-6-7-15-33-24)34-26-12-8-13-27(35-26)42(40,41)37-30(39)23-17-21-10-9-14-31(2,3)28(21)36-29(23)38-19-22(20)18-32(38,4)5/h6-8,11-13,15,17,20,22,25H,9-10,14,16,18-19H2,1-5H3,(H,34,35)(H,37,39)/t20-,22-,25?/m0/s1. The minimum absolute atomic E-state index is 0.134. The minimum Gasteiger partial charge on any atom is -0.362 e. The average Bonchev–Trinajstić information content (AvgIpc) is 3.27. The number of hydrogen-bond donors (Lipinski definition) is 2. The lowest BCUT2D eigenvalue weighted by molar-refractivity contribution is 0.0981. The van der Waals surface area contributed by atoms with Gasteiger partial charge < -0.3 is 10.2 Å². The van der Waals surface area contributed by atoms with Gasteiger partial charge >= 0.3 is 0 Å². The van der Waals surface area contributed by atoms with E-state index in [2.05, 4.69) is 59.5 Å². The topological polar surface area (TPSA) is 117 Å². The molecule has 5 heterocycles. The highest BCUT2D eigenvalue weighted by atomic mass is 32.2. The molecule has 222 valence electrons. The van der Waals surface area contributed by atoms with Crippen LogP contribution in [0, 0.1) is 11.8 Å². The molecule has 1 amide bonds. The van der Waals surface area contributed by atoms with Gasteiger partial charge in [-0.1, -0.05) is 32.9 Å². The van der Waals surface area contributed by atoms with Gasteiger partial charge in [-0.05, 0) is 93.7 Å². The van der Waals surface area contributed by atoms with E-state index in [1.165, 1.54) is 6.07 Å². The molecule has 2 aliphatic heterocycles.